The average molecular weight is 471 g/mol. The van der Waals surface area contributed by atoms with E-state index in [9.17, 15) is 9.59 Å². The molecule has 0 saturated heterocycles. The fourth-order valence-electron chi connectivity index (χ4n) is 4.58. The molecule has 0 saturated carbocycles. The van der Waals surface area contributed by atoms with E-state index in [1.807, 2.05) is 102 Å². The van der Waals surface area contributed by atoms with Crippen LogP contribution >= 0.6 is 11.8 Å². The van der Waals surface area contributed by atoms with E-state index in [1.54, 1.807) is 11.8 Å². The number of thioether (sulfide) groups is 1. The number of anilines is 1. The number of amides is 2. The summed E-state index contributed by atoms with van der Waals surface area (Å²) in [6, 6.07) is 24.6. The first kappa shape index (κ1) is 22.2. The molecule has 5 rings (SSSR count). The molecule has 6 nitrogen and oxygen atoms in total. The van der Waals surface area contributed by atoms with Crippen LogP contribution in [0.15, 0.2) is 83.8 Å². The second kappa shape index (κ2) is 9.35. The number of carbonyl (C=O) groups excluding carboxylic acids is 2. The van der Waals surface area contributed by atoms with Crippen LogP contribution in [0.3, 0.4) is 0 Å². The van der Waals surface area contributed by atoms with Crippen LogP contribution in [0.25, 0.3) is 11.0 Å². The number of hydrogen-bond donors (Lipinski definition) is 1. The van der Waals surface area contributed by atoms with Gasteiger partial charge in [0.1, 0.15) is 11.9 Å². The van der Waals surface area contributed by atoms with Gasteiger partial charge in [-0.3, -0.25) is 9.59 Å². The number of fused-ring (bicyclic) bond motifs is 3. The number of rotatable bonds is 6. The third-order valence-corrected chi connectivity index (χ3v) is 7.00. The minimum Gasteiger partial charge on any atom is -0.327 e. The largest absolute Gasteiger partial charge is 0.327 e. The summed E-state index contributed by atoms with van der Waals surface area (Å²) in [6.45, 7) is 2.47. The molecule has 1 aliphatic heterocycles. The molecule has 2 atom stereocenters. The van der Waals surface area contributed by atoms with Gasteiger partial charge in [-0.2, -0.15) is 0 Å². The second-order valence-corrected chi connectivity index (χ2v) is 9.34. The lowest BCUT2D eigenvalue weighted by atomic mass is 10.0. The predicted octanol–water partition coefficient (Wildman–Crippen LogP) is 5.43. The summed E-state index contributed by atoms with van der Waals surface area (Å²) in [7, 11) is 0. The predicted molar refractivity (Wildman–Crippen MR) is 136 cm³/mol. The molecule has 34 heavy (non-hydrogen) atoms. The molecule has 0 fully saturated rings. The number of nitrogens with one attached hydrogen (secondary N) is 1. The molecular weight excluding hydrogens is 444 g/mol. The fraction of sp³-hybridized carbons (Fsp3) is 0.222. The van der Waals surface area contributed by atoms with Crippen molar-refractivity contribution in [2.45, 2.75) is 36.9 Å². The van der Waals surface area contributed by atoms with Gasteiger partial charge in [-0.1, -0.05) is 48.5 Å². The first-order valence-corrected chi connectivity index (χ1v) is 12.5. The zero-order chi connectivity index (χ0) is 23.7. The average Bonchev–Trinajstić information content (AvgIpc) is 3.25. The SMILES string of the molecule is CSc1cccc(NC(=O)C[C@@H]2C(=O)N(Cc3ccccc3)[C@@H](C)c3nc4ccccc4n32)c1. The van der Waals surface area contributed by atoms with Crippen molar-refractivity contribution in [1.82, 2.24) is 14.5 Å². The van der Waals surface area contributed by atoms with Crippen molar-refractivity contribution in [3.05, 3.63) is 90.3 Å². The van der Waals surface area contributed by atoms with Gasteiger partial charge in [-0.05, 0) is 49.1 Å². The Kier molecular flexibility index (Phi) is 6.11. The van der Waals surface area contributed by atoms with Gasteiger partial charge in [-0.15, -0.1) is 11.8 Å². The quantitative estimate of drug-likeness (QED) is 0.382. The molecule has 2 heterocycles. The van der Waals surface area contributed by atoms with Crippen molar-refractivity contribution >= 4 is 40.3 Å². The monoisotopic (exact) mass is 470 g/mol. The topological polar surface area (TPSA) is 67.2 Å². The summed E-state index contributed by atoms with van der Waals surface area (Å²) in [6.07, 6.45) is 2.03. The first-order chi connectivity index (χ1) is 16.5. The zero-order valence-electron chi connectivity index (χ0n) is 19.1. The lowest BCUT2D eigenvalue weighted by Crippen LogP contribution is -2.45. The first-order valence-electron chi connectivity index (χ1n) is 11.3. The molecule has 0 spiro atoms. The van der Waals surface area contributed by atoms with Crippen LogP contribution in [0.1, 0.15) is 36.8 Å². The summed E-state index contributed by atoms with van der Waals surface area (Å²) >= 11 is 1.62. The lowest BCUT2D eigenvalue weighted by molar-refractivity contribution is -0.142. The van der Waals surface area contributed by atoms with Gasteiger partial charge in [0.05, 0.1) is 23.5 Å². The molecule has 1 aliphatic rings. The number of hydrogen-bond acceptors (Lipinski definition) is 4. The van der Waals surface area contributed by atoms with Gasteiger partial charge in [0.15, 0.2) is 0 Å². The van der Waals surface area contributed by atoms with E-state index >= 15 is 0 Å². The Morgan fingerprint density at radius 1 is 1.03 bits per heavy atom. The molecule has 1 aromatic heterocycles. The Labute approximate surface area is 203 Å². The normalized spacial score (nSPS) is 17.6. The molecule has 0 aliphatic carbocycles. The highest BCUT2D eigenvalue weighted by molar-refractivity contribution is 7.98. The third kappa shape index (κ3) is 4.19. The van der Waals surface area contributed by atoms with Crippen LogP contribution in [0.4, 0.5) is 5.69 Å². The van der Waals surface area contributed by atoms with Gasteiger partial charge >= 0.3 is 0 Å². The Morgan fingerprint density at radius 2 is 1.79 bits per heavy atom. The highest BCUT2D eigenvalue weighted by Crippen LogP contribution is 2.37. The van der Waals surface area contributed by atoms with Crippen molar-refractivity contribution in [3.63, 3.8) is 0 Å². The molecular formula is C27H26N4O2S. The van der Waals surface area contributed by atoms with Gasteiger partial charge in [-0.25, -0.2) is 4.98 Å². The van der Waals surface area contributed by atoms with E-state index in [0.717, 1.165) is 33.0 Å². The van der Waals surface area contributed by atoms with E-state index < -0.39 is 6.04 Å². The summed E-state index contributed by atoms with van der Waals surface area (Å²) in [4.78, 5) is 34.7. The Hall–Kier alpha value is -3.58. The number of nitrogens with zero attached hydrogens (tertiary/aromatic N) is 3. The molecule has 0 unspecified atom stereocenters. The van der Waals surface area contributed by atoms with Gasteiger partial charge in [0.25, 0.3) is 0 Å². The molecule has 3 aromatic carbocycles. The third-order valence-electron chi connectivity index (χ3n) is 6.27. The van der Waals surface area contributed by atoms with Crippen molar-refractivity contribution in [2.75, 3.05) is 11.6 Å². The fourth-order valence-corrected chi connectivity index (χ4v) is 5.04. The van der Waals surface area contributed by atoms with Gasteiger partial charge in [0, 0.05) is 17.1 Å². The van der Waals surface area contributed by atoms with E-state index in [-0.39, 0.29) is 24.3 Å². The van der Waals surface area contributed by atoms with Crippen molar-refractivity contribution in [3.8, 4) is 0 Å². The maximum atomic E-state index is 13.8. The Balaban J connectivity index is 1.49. The maximum absolute atomic E-state index is 13.8. The van der Waals surface area contributed by atoms with E-state index in [2.05, 4.69) is 5.32 Å². The maximum Gasteiger partial charge on any atom is 0.247 e. The van der Waals surface area contributed by atoms with E-state index in [4.69, 9.17) is 4.98 Å². The lowest BCUT2D eigenvalue weighted by Gasteiger charge is -2.38. The summed E-state index contributed by atoms with van der Waals surface area (Å²) in [5.74, 6) is 0.536. The number of imidazole rings is 1. The molecule has 2 amide bonds. The highest BCUT2D eigenvalue weighted by atomic mass is 32.2. The molecule has 4 aromatic rings. The smallest absolute Gasteiger partial charge is 0.247 e. The standard InChI is InChI=1S/C27H26N4O2S/c1-18-26-29-22-13-6-7-14-23(22)31(26)24(27(33)30(18)17-19-9-4-3-5-10-19)16-25(32)28-20-11-8-12-21(15-20)34-2/h3-15,18,24H,16-17H2,1-2H3,(H,28,32)/t18-,24+/m0/s1. The summed E-state index contributed by atoms with van der Waals surface area (Å²) in [5.41, 5.74) is 3.48. The molecule has 7 heteroatoms. The minimum absolute atomic E-state index is 0.0354. The Morgan fingerprint density at radius 3 is 2.59 bits per heavy atom. The highest BCUT2D eigenvalue weighted by Gasteiger charge is 2.40. The van der Waals surface area contributed by atoms with Crippen LogP contribution in [-0.4, -0.2) is 32.5 Å². The number of benzene rings is 3. The molecule has 0 radical (unpaired) electrons. The number of carbonyl (C=O) groups is 2. The second-order valence-electron chi connectivity index (χ2n) is 8.46. The zero-order valence-corrected chi connectivity index (χ0v) is 20.0. The number of aromatic nitrogens is 2. The van der Waals surface area contributed by atoms with Crippen LogP contribution in [0.5, 0.6) is 0 Å². The van der Waals surface area contributed by atoms with Crippen LogP contribution in [0.2, 0.25) is 0 Å². The van der Waals surface area contributed by atoms with E-state index in [0.29, 0.717) is 6.54 Å². The van der Waals surface area contributed by atoms with Crippen LogP contribution in [-0.2, 0) is 16.1 Å². The van der Waals surface area contributed by atoms with E-state index in [1.165, 1.54) is 0 Å². The van der Waals surface area contributed by atoms with Crippen molar-refractivity contribution < 1.29 is 9.59 Å². The molecule has 1 N–H and O–H groups in total. The van der Waals surface area contributed by atoms with Crippen LogP contribution < -0.4 is 5.32 Å². The minimum atomic E-state index is -0.661. The Bertz CT molecular complexity index is 1350. The summed E-state index contributed by atoms with van der Waals surface area (Å²) < 4.78 is 1.96. The molecule has 172 valence electrons. The molecule has 0 bridgehead atoms. The van der Waals surface area contributed by atoms with Crippen LogP contribution in [0, 0.1) is 0 Å². The van der Waals surface area contributed by atoms with Gasteiger partial charge < -0.3 is 14.8 Å². The van der Waals surface area contributed by atoms with Crippen molar-refractivity contribution in [1.29, 1.82) is 0 Å². The van der Waals surface area contributed by atoms with Crippen molar-refractivity contribution in [2.24, 2.45) is 0 Å². The summed E-state index contributed by atoms with van der Waals surface area (Å²) in [5, 5.41) is 2.97. The van der Waals surface area contributed by atoms with Gasteiger partial charge in [0.2, 0.25) is 11.8 Å². The number of para-hydroxylation sites is 2.